The fourth-order valence-corrected chi connectivity index (χ4v) is 3.13. The van der Waals surface area contributed by atoms with Crippen molar-refractivity contribution < 1.29 is 4.79 Å². The number of imidazole rings is 1. The number of aromatic amines is 1. The van der Waals surface area contributed by atoms with Crippen LogP contribution in [0.3, 0.4) is 0 Å². The molecule has 0 saturated carbocycles. The van der Waals surface area contributed by atoms with Crippen LogP contribution in [0, 0.1) is 0 Å². The van der Waals surface area contributed by atoms with Gasteiger partial charge in [0.15, 0.2) is 0 Å². The Morgan fingerprint density at radius 2 is 1.96 bits per heavy atom. The lowest BCUT2D eigenvalue weighted by Gasteiger charge is -2.07. The third-order valence-corrected chi connectivity index (χ3v) is 4.48. The van der Waals surface area contributed by atoms with E-state index in [0.29, 0.717) is 6.42 Å². The summed E-state index contributed by atoms with van der Waals surface area (Å²) in [6.07, 6.45) is 9.62. The maximum atomic E-state index is 12.2. The van der Waals surface area contributed by atoms with Gasteiger partial charge in [0, 0.05) is 47.3 Å². The Morgan fingerprint density at radius 1 is 1.12 bits per heavy atom. The summed E-state index contributed by atoms with van der Waals surface area (Å²) in [7, 11) is 0. The van der Waals surface area contributed by atoms with Gasteiger partial charge in [-0.3, -0.25) is 4.79 Å². The van der Waals surface area contributed by atoms with E-state index in [4.69, 9.17) is 0 Å². The summed E-state index contributed by atoms with van der Waals surface area (Å²) in [6.45, 7) is 0. The molecule has 0 radical (unpaired) electrons. The molecule has 1 amide bonds. The molecule has 0 aliphatic carbocycles. The minimum absolute atomic E-state index is 0.0419. The van der Waals surface area contributed by atoms with E-state index in [-0.39, 0.29) is 5.91 Å². The number of carbonyl (C=O) groups is 1. The van der Waals surface area contributed by atoms with Crippen LogP contribution in [-0.2, 0) is 11.2 Å². The minimum atomic E-state index is 0.0419. The van der Waals surface area contributed by atoms with Crippen molar-refractivity contribution in [3.05, 3.63) is 79.0 Å². The van der Waals surface area contributed by atoms with Gasteiger partial charge in [0.1, 0.15) is 0 Å². The Morgan fingerprint density at radius 3 is 2.77 bits per heavy atom. The molecule has 0 saturated heterocycles. The molecule has 2 aromatic carbocycles. The van der Waals surface area contributed by atoms with E-state index in [1.54, 1.807) is 12.5 Å². The van der Waals surface area contributed by atoms with Gasteiger partial charge in [-0.15, -0.1) is 0 Å². The number of para-hydroxylation sites is 1. The standard InChI is InChI=1S/C21H20N4O/c26-21(7-3-4-16-14-23-20-6-2-1-5-19(16)20)24-17-8-10-18(11-9-17)25-13-12-22-15-25/h1-2,5-6,8-15,23H,3-4,7H2,(H,24,26). The zero-order valence-corrected chi connectivity index (χ0v) is 14.4. The number of nitrogens with one attached hydrogen (secondary N) is 2. The van der Waals surface area contributed by atoms with Crippen molar-refractivity contribution in [1.82, 2.24) is 14.5 Å². The number of nitrogens with zero attached hydrogens (tertiary/aromatic N) is 2. The monoisotopic (exact) mass is 344 g/mol. The van der Waals surface area contributed by atoms with Crippen molar-refractivity contribution in [3.8, 4) is 5.69 Å². The zero-order valence-electron chi connectivity index (χ0n) is 14.4. The van der Waals surface area contributed by atoms with Crippen LogP contribution < -0.4 is 5.32 Å². The molecular weight excluding hydrogens is 324 g/mol. The first-order chi connectivity index (χ1) is 12.8. The number of hydrogen-bond donors (Lipinski definition) is 2. The van der Waals surface area contributed by atoms with Gasteiger partial charge in [-0.2, -0.15) is 0 Å². The molecule has 2 heterocycles. The maximum absolute atomic E-state index is 12.2. The van der Waals surface area contributed by atoms with Gasteiger partial charge in [0.2, 0.25) is 5.91 Å². The quantitative estimate of drug-likeness (QED) is 0.547. The summed E-state index contributed by atoms with van der Waals surface area (Å²) in [6, 6.07) is 16.0. The molecule has 26 heavy (non-hydrogen) atoms. The van der Waals surface area contributed by atoms with Crippen molar-refractivity contribution in [2.45, 2.75) is 19.3 Å². The average molecular weight is 344 g/mol. The lowest BCUT2D eigenvalue weighted by molar-refractivity contribution is -0.116. The minimum Gasteiger partial charge on any atom is -0.361 e. The number of benzene rings is 2. The third-order valence-electron chi connectivity index (χ3n) is 4.48. The molecule has 4 rings (SSSR count). The summed E-state index contributed by atoms with van der Waals surface area (Å²) in [4.78, 5) is 19.5. The fourth-order valence-electron chi connectivity index (χ4n) is 3.13. The second-order valence-electron chi connectivity index (χ2n) is 6.28. The van der Waals surface area contributed by atoms with E-state index in [1.165, 1.54) is 10.9 Å². The molecule has 0 fully saturated rings. The molecule has 0 spiro atoms. The van der Waals surface area contributed by atoms with Gasteiger partial charge in [0.25, 0.3) is 0 Å². The highest BCUT2D eigenvalue weighted by molar-refractivity contribution is 5.90. The molecule has 2 aromatic heterocycles. The Labute approximate surface area is 151 Å². The SMILES string of the molecule is O=C(CCCc1c[nH]c2ccccc12)Nc1ccc(-n2ccnc2)cc1. The van der Waals surface area contributed by atoms with Crippen LogP contribution in [0.2, 0.25) is 0 Å². The number of H-pyrrole nitrogens is 1. The topological polar surface area (TPSA) is 62.7 Å². The summed E-state index contributed by atoms with van der Waals surface area (Å²) in [5.74, 6) is 0.0419. The number of anilines is 1. The number of aromatic nitrogens is 3. The Kier molecular flexibility index (Phi) is 4.51. The van der Waals surface area contributed by atoms with E-state index in [0.717, 1.165) is 29.7 Å². The van der Waals surface area contributed by atoms with Crippen molar-refractivity contribution in [3.63, 3.8) is 0 Å². The summed E-state index contributed by atoms with van der Waals surface area (Å²) in [5.41, 5.74) is 4.23. The van der Waals surface area contributed by atoms with Gasteiger partial charge in [-0.05, 0) is 48.7 Å². The first-order valence-electron chi connectivity index (χ1n) is 8.73. The van der Waals surface area contributed by atoms with Crippen molar-refractivity contribution >= 4 is 22.5 Å². The van der Waals surface area contributed by atoms with Gasteiger partial charge in [0.05, 0.1) is 6.33 Å². The van der Waals surface area contributed by atoms with Gasteiger partial charge in [-0.25, -0.2) is 4.98 Å². The average Bonchev–Trinajstić information content (AvgIpc) is 3.33. The molecule has 5 nitrogen and oxygen atoms in total. The van der Waals surface area contributed by atoms with Crippen molar-refractivity contribution in [2.24, 2.45) is 0 Å². The van der Waals surface area contributed by atoms with E-state index >= 15 is 0 Å². The smallest absolute Gasteiger partial charge is 0.224 e. The first-order valence-corrected chi connectivity index (χ1v) is 8.73. The Hall–Kier alpha value is -3.34. The molecule has 0 aliphatic rings. The van der Waals surface area contributed by atoms with Crippen LogP contribution in [0.5, 0.6) is 0 Å². The highest BCUT2D eigenvalue weighted by Crippen LogP contribution is 2.20. The molecule has 5 heteroatoms. The normalized spacial score (nSPS) is 10.9. The van der Waals surface area contributed by atoms with Crippen LogP contribution in [0.4, 0.5) is 5.69 Å². The first kappa shape index (κ1) is 16.1. The second-order valence-corrected chi connectivity index (χ2v) is 6.28. The highest BCUT2D eigenvalue weighted by Gasteiger charge is 2.06. The van der Waals surface area contributed by atoms with Crippen molar-refractivity contribution in [1.29, 1.82) is 0 Å². The fraction of sp³-hybridized carbons (Fsp3) is 0.143. The molecule has 2 N–H and O–H groups in total. The van der Waals surface area contributed by atoms with Crippen molar-refractivity contribution in [2.75, 3.05) is 5.32 Å². The summed E-state index contributed by atoms with van der Waals surface area (Å²) in [5, 5.41) is 4.20. The lowest BCUT2D eigenvalue weighted by Crippen LogP contribution is -2.11. The molecule has 0 aliphatic heterocycles. The van der Waals surface area contributed by atoms with E-state index < -0.39 is 0 Å². The van der Waals surface area contributed by atoms with Gasteiger partial charge < -0.3 is 14.9 Å². The number of fused-ring (bicyclic) bond motifs is 1. The molecule has 0 bridgehead atoms. The highest BCUT2D eigenvalue weighted by atomic mass is 16.1. The molecule has 0 unspecified atom stereocenters. The molecule has 4 aromatic rings. The van der Waals surface area contributed by atoms with Crippen LogP contribution in [0.25, 0.3) is 16.6 Å². The number of amides is 1. The molecule has 130 valence electrons. The number of hydrogen-bond acceptors (Lipinski definition) is 2. The second kappa shape index (κ2) is 7.27. The largest absolute Gasteiger partial charge is 0.361 e. The number of carbonyl (C=O) groups excluding carboxylic acids is 1. The molecular formula is C21H20N4O. The van der Waals surface area contributed by atoms with Crippen LogP contribution >= 0.6 is 0 Å². The summed E-state index contributed by atoms with van der Waals surface area (Å²) >= 11 is 0. The van der Waals surface area contributed by atoms with Crippen LogP contribution in [0.1, 0.15) is 18.4 Å². The van der Waals surface area contributed by atoms with E-state index in [2.05, 4.69) is 27.4 Å². The predicted molar refractivity (Wildman–Crippen MR) is 103 cm³/mol. The van der Waals surface area contributed by atoms with Gasteiger partial charge >= 0.3 is 0 Å². The van der Waals surface area contributed by atoms with E-state index in [9.17, 15) is 4.79 Å². The lowest BCUT2D eigenvalue weighted by atomic mass is 10.1. The maximum Gasteiger partial charge on any atom is 0.224 e. The number of aryl methyl sites for hydroxylation is 1. The summed E-state index contributed by atoms with van der Waals surface area (Å²) < 4.78 is 1.92. The Balaban J connectivity index is 1.30. The predicted octanol–water partition coefficient (Wildman–Crippen LogP) is 4.32. The van der Waals surface area contributed by atoms with Gasteiger partial charge in [-0.1, -0.05) is 18.2 Å². The third kappa shape index (κ3) is 3.52. The van der Waals surface area contributed by atoms with E-state index in [1.807, 2.05) is 53.4 Å². The Bertz CT molecular complexity index is 1000. The van der Waals surface area contributed by atoms with Crippen LogP contribution in [0.15, 0.2) is 73.4 Å². The number of rotatable bonds is 6. The zero-order chi connectivity index (χ0) is 17.8. The van der Waals surface area contributed by atoms with Crippen LogP contribution in [-0.4, -0.2) is 20.4 Å². The molecule has 0 atom stereocenters.